The second-order valence-corrected chi connectivity index (χ2v) is 5.78. The highest BCUT2D eigenvalue weighted by molar-refractivity contribution is 5.37. The van der Waals surface area contributed by atoms with E-state index in [1.807, 2.05) is 31.2 Å². The van der Waals surface area contributed by atoms with Crippen molar-refractivity contribution in [3.8, 4) is 5.75 Å². The Morgan fingerprint density at radius 1 is 1.13 bits per heavy atom. The Morgan fingerprint density at radius 3 is 2.52 bits per heavy atom. The van der Waals surface area contributed by atoms with E-state index in [4.69, 9.17) is 0 Å². The zero-order chi connectivity index (χ0) is 16.4. The topological polar surface area (TPSA) is 41.5 Å². The van der Waals surface area contributed by atoms with Gasteiger partial charge in [-0.2, -0.15) is 8.78 Å². The highest BCUT2D eigenvalue weighted by atomic mass is 19.3. The molecule has 0 bridgehead atoms. The number of halogens is 2. The zero-order valence-corrected chi connectivity index (χ0v) is 12.7. The molecule has 0 aliphatic heterocycles. The molecule has 3 nitrogen and oxygen atoms in total. The van der Waals surface area contributed by atoms with Crippen LogP contribution >= 0.6 is 0 Å². The highest BCUT2D eigenvalue weighted by Gasteiger charge is 2.31. The number of hydrogen-bond donors (Lipinski definition) is 2. The molecule has 0 aromatic heterocycles. The van der Waals surface area contributed by atoms with Crippen LogP contribution in [0.1, 0.15) is 35.7 Å². The van der Waals surface area contributed by atoms with Crippen LogP contribution in [0.25, 0.3) is 0 Å². The number of hydrogen-bond acceptors (Lipinski definition) is 3. The molecule has 0 heterocycles. The van der Waals surface area contributed by atoms with Crippen LogP contribution in [0.5, 0.6) is 5.75 Å². The molecule has 3 rings (SSSR count). The molecule has 0 saturated carbocycles. The monoisotopic (exact) mass is 319 g/mol. The molecule has 0 amide bonds. The molecule has 1 aliphatic carbocycles. The number of alkyl halides is 2. The van der Waals surface area contributed by atoms with Crippen LogP contribution in [-0.4, -0.2) is 17.8 Å². The fourth-order valence-corrected chi connectivity index (χ4v) is 3.08. The van der Waals surface area contributed by atoms with Gasteiger partial charge in [0.15, 0.2) is 0 Å². The van der Waals surface area contributed by atoms with Gasteiger partial charge in [0.2, 0.25) is 0 Å². The summed E-state index contributed by atoms with van der Waals surface area (Å²) in [5.74, 6) is 0.141. The minimum atomic E-state index is -2.82. The van der Waals surface area contributed by atoms with E-state index in [-0.39, 0.29) is 17.8 Å². The number of aliphatic hydroxyl groups is 1. The molecule has 0 saturated heterocycles. The Labute approximate surface area is 133 Å². The van der Waals surface area contributed by atoms with E-state index in [2.05, 4.69) is 10.1 Å². The van der Waals surface area contributed by atoms with Crippen molar-refractivity contribution in [2.75, 3.05) is 0 Å². The number of benzene rings is 2. The minimum Gasteiger partial charge on any atom is -0.435 e. The fraction of sp³-hybridized carbons (Fsp3) is 0.333. The third kappa shape index (κ3) is 3.51. The summed E-state index contributed by atoms with van der Waals surface area (Å²) >= 11 is 0. The third-order valence-electron chi connectivity index (χ3n) is 4.24. The van der Waals surface area contributed by atoms with Crippen LogP contribution in [0, 0.1) is 0 Å². The normalized spacial score (nSPS) is 21.3. The molecular formula is C18H19F2NO2. The Hall–Kier alpha value is -1.98. The quantitative estimate of drug-likeness (QED) is 0.885. The molecule has 0 fully saturated rings. The van der Waals surface area contributed by atoms with Crippen molar-refractivity contribution in [2.45, 2.75) is 38.1 Å². The number of aliphatic hydroxyl groups excluding tert-OH is 1. The van der Waals surface area contributed by atoms with Gasteiger partial charge in [-0.25, -0.2) is 0 Å². The van der Waals surface area contributed by atoms with Gasteiger partial charge in [-0.1, -0.05) is 36.4 Å². The number of rotatable bonds is 5. The average molecular weight is 319 g/mol. The van der Waals surface area contributed by atoms with Crippen LogP contribution in [0.4, 0.5) is 8.78 Å². The van der Waals surface area contributed by atoms with Gasteiger partial charge in [-0.15, -0.1) is 0 Å². The first-order valence-electron chi connectivity index (χ1n) is 7.61. The van der Waals surface area contributed by atoms with Crippen molar-refractivity contribution in [1.29, 1.82) is 0 Å². The van der Waals surface area contributed by atoms with Gasteiger partial charge in [-0.3, -0.25) is 0 Å². The molecule has 3 atom stereocenters. The van der Waals surface area contributed by atoms with E-state index in [0.29, 0.717) is 6.42 Å². The van der Waals surface area contributed by atoms with Gasteiger partial charge in [0.25, 0.3) is 0 Å². The van der Waals surface area contributed by atoms with Crippen molar-refractivity contribution in [2.24, 2.45) is 0 Å². The Bertz CT molecular complexity index is 660. The lowest BCUT2D eigenvalue weighted by molar-refractivity contribution is -0.0498. The van der Waals surface area contributed by atoms with Gasteiger partial charge in [0.1, 0.15) is 5.75 Å². The Kier molecular flexibility index (Phi) is 4.59. The maximum absolute atomic E-state index is 12.2. The maximum Gasteiger partial charge on any atom is 0.387 e. The van der Waals surface area contributed by atoms with Gasteiger partial charge in [0, 0.05) is 12.5 Å². The molecule has 2 aromatic rings. The fourth-order valence-electron chi connectivity index (χ4n) is 3.08. The largest absolute Gasteiger partial charge is 0.435 e. The SMILES string of the molecule is CC(NC1c2ccccc2CC1O)c1ccc(OC(F)F)cc1. The highest BCUT2D eigenvalue weighted by Crippen LogP contribution is 2.33. The Balaban J connectivity index is 1.70. The van der Waals surface area contributed by atoms with Crippen molar-refractivity contribution in [1.82, 2.24) is 5.32 Å². The first kappa shape index (κ1) is 15.9. The molecule has 0 radical (unpaired) electrons. The van der Waals surface area contributed by atoms with Gasteiger partial charge < -0.3 is 15.2 Å². The van der Waals surface area contributed by atoms with E-state index < -0.39 is 12.7 Å². The van der Waals surface area contributed by atoms with Gasteiger partial charge in [0.05, 0.1) is 12.1 Å². The second-order valence-electron chi connectivity index (χ2n) is 5.78. The summed E-state index contributed by atoms with van der Waals surface area (Å²) in [6, 6.07) is 14.4. The molecule has 122 valence electrons. The molecular weight excluding hydrogens is 300 g/mol. The van der Waals surface area contributed by atoms with Crippen molar-refractivity contribution in [3.63, 3.8) is 0 Å². The van der Waals surface area contributed by atoms with E-state index >= 15 is 0 Å². The lowest BCUT2D eigenvalue weighted by Gasteiger charge is -2.23. The molecule has 23 heavy (non-hydrogen) atoms. The van der Waals surface area contributed by atoms with Crippen molar-refractivity contribution in [3.05, 3.63) is 65.2 Å². The predicted molar refractivity (Wildman–Crippen MR) is 83.5 cm³/mol. The number of nitrogens with one attached hydrogen (secondary N) is 1. The lowest BCUT2D eigenvalue weighted by Crippen LogP contribution is -2.30. The van der Waals surface area contributed by atoms with Crippen molar-refractivity contribution >= 4 is 0 Å². The lowest BCUT2D eigenvalue weighted by atomic mass is 10.0. The molecule has 5 heteroatoms. The molecule has 2 aromatic carbocycles. The van der Waals surface area contributed by atoms with E-state index in [1.165, 1.54) is 12.1 Å². The van der Waals surface area contributed by atoms with Crippen LogP contribution in [0.3, 0.4) is 0 Å². The summed E-state index contributed by atoms with van der Waals surface area (Å²) in [5, 5.41) is 13.7. The number of ether oxygens (including phenoxy) is 1. The third-order valence-corrected chi connectivity index (χ3v) is 4.24. The molecule has 3 unspecified atom stereocenters. The van der Waals surface area contributed by atoms with Crippen molar-refractivity contribution < 1.29 is 18.6 Å². The van der Waals surface area contributed by atoms with Crippen LogP contribution in [-0.2, 0) is 6.42 Å². The summed E-state index contributed by atoms with van der Waals surface area (Å²) < 4.78 is 28.7. The maximum atomic E-state index is 12.2. The number of fused-ring (bicyclic) bond motifs is 1. The second kappa shape index (κ2) is 6.64. The summed E-state index contributed by atoms with van der Waals surface area (Å²) in [7, 11) is 0. The van der Waals surface area contributed by atoms with Gasteiger partial charge in [-0.05, 0) is 35.7 Å². The van der Waals surface area contributed by atoms with Crippen LogP contribution in [0.15, 0.2) is 48.5 Å². The standard InChI is InChI=1S/C18H19F2NO2/c1-11(12-6-8-14(9-7-12)23-18(19)20)21-17-15-5-3-2-4-13(15)10-16(17)22/h2-9,11,16-18,21-22H,10H2,1H3. The summed E-state index contributed by atoms with van der Waals surface area (Å²) in [5.41, 5.74) is 3.22. The van der Waals surface area contributed by atoms with Crippen LogP contribution in [0.2, 0.25) is 0 Å². The first-order valence-corrected chi connectivity index (χ1v) is 7.61. The van der Waals surface area contributed by atoms with Crippen LogP contribution < -0.4 is 10.1 Å². The molecule has 2 N–H and O–H groups in total. The first-order chi connectivity index (χ1) is 11.0. The predicted octanol–water partition coefficient (Wildman–Crippen LogP) is 3.60. The van der Waals surface area contributed by atoms with E-state index in [1.54, 1.807) is 12.1 Å². The van der Waals surface area contributed by atoms with E-state index in [9.17, 15) is 13.9 Å². The van der Waals surface area contributed by atoms with E-state index in [0.717, 1.165) is 16.7 Å². The smallest absolute Gasteiger partial charge is 0.387 e. The molecule has 1 aliphatic rings. The van der Waals surface area contributed by atoms with Gasteiger partial charge >= 0.3 is 6.61 Å². The zero-order valence-electron chi connectivity index (χ0n) is 12.7. The summed E-state index contributed by atoms with van der Waals surface area (Å²) in [4.78, 5) is 0. The minimum absolute atomic E-state index is 0.0265. The molecule has 0 spiro atoms. The average Bonchev–Trinajstić information content (AvgIpc) is 2.83. The Morgan fingerprint density at radius 2 is 1.83 bits per heavy atom. The summed E-state index contributed by atoms with van der Waals surface area (Å²) in [6.07, 6.45) is 0.179. The summed E-state index contributed by atoms with van der Waals surface area (Å²) in [6.45, 7) is -0.835.